The first kappa shape index (κ1) is 10.2. The number of aromatic hydroxyl groups is 2. The van der Waals surface area contributed by atoms with Crippen LogP contribution in [0.2, 0.25) is 0 Å². The Morgan fingerprint density at radius 2 is 2.06 bits per heavy atom. The SMILES string of the molecule is Oc1ccc2c(c1O)CCC(C1=NCCN1)=C2. The number of amidine groups is 1. The number of hydrogen-bond acceptors (Lipinski definition) is 4. The number of phenols is 2. The van der Waals surface area contributed by atoms with Crippen LogP contribution in [-0.4, -0.2) is 29.1 Å². The van der Waals surface area contributed by atoms with Crippen LogP contribution in [0.1, 0.15) is 17.5 Å². The maximum Gasteiger partial charge on any atom is 0.161 e. The van der Waals surface area contributed by atoms with Gasteiger partial charge < -0.3 is 15.5 Å². The van der Waals surface area contributed by atoms with Gasteiger partial charge in [-0.25, -0.2) is 0 Å². The first-order chi connectivity index (χ1) is 8.25. The molecule has 0 unspecified atom stereocenters. The van der Waals surface area contributed by atoms with E-state index >= 15 is 0 Å². The zero-order valence-electron chi connectivity index (χ0n) is 9.40. The van der Waals surface area contributed by atoms with E-state index in [1.165, 1.54) is 11.6 Å². The van der Waals surface area contributed by atoms with Crippen LogP contribution in [0.25, 0.3) is 6.08 Å². The highest BCUT2D eigenvalue weighted by molar-refractivity contribution is 6.03. The van der Waals surface area contributed by atoms with Crippen molar-refractivity contribution >= 4 is 11.9 Å². The molecule has 3 rings (SSSR count). The second-order valence-corrected chi connectivity index (χ2v) is 4.33. The van der Waals surface area contributed by atoms with Crippen molar-refractivity contribution in [3.05, 3.63) is 28.8 Å². The second-order valence-electron chi connectivity index (χ2n) is 4.33. The van der Waals surface area contributed by atoms with Gasteiger partial charge in [0.1, 0.15) is 5.84 Å². The summed E-state index contributed by atoms with van der Waals surface area (Å²) in [5, 5.41) is 22.5. The minimum atomic E-state index is -0.0445. The van der Waals surface area contributed by atoms with Gasteiger partial charge in [-0.05, 0) is 36.1 Å². The van der Waals surface area contributed by atoms with Gasteiger partial charge in [-0.1, -0.05) is 6.07 Å². The van der Waals surface area contributed by atoms with Crippen molar-refractivity contribution < 1.29 is 10.2 Å². The molecular formula is C13H14N2O2. The maximum absolute atomic E-state index is 9.77. The Balaban J connectivity index is 2.02. The summed E-state index contributed by atoms with van der Waals surface area (Å²) in [7, 11) is 0. The van der Waals surface area contributed by atoms with E-state index in [2.05, 4.69) is 10.3 Å². The first-order valence-corrected chi connectivity index (χ1v) is 5.79. The van der Waals surface area contributed by atoms with Gasteiger partial charge in [-0.15, -0.1) is 0 Å². The van der Waals surface area contributed by atoms with Crippen LogP contribution in [-0.2, 0) is 6.42 Å². The summed E-state index contributed by atoms with van der Waals surface area (Å²) in [5.74, 6) is 0.944. The summed E-state index contributed by atoms with van der Waals surface area (Å²) in [4.78, 5) is 4.40. The lowest BCUT2D eigenvalue weighted by molar-refractivity contribution is 0.399. The second kappa shape index (κ2) is 3.80. The minimum absolute atomic E-state index is 0.0131. The molecule has 1 aliphatic heterocycles. The third kappa shape index (κ3) is 1.65. The molecule has 0 fully saturated rings. The molecule has 1 aromatic carbocycles. The summed E-state index contributed by atoms with van der Waals surface area (Å²) in [6.45, 7) is 1.74. The van der Waals surface area contributed by atoms with Crippen LogP contribution in [0.5, 0.6) is 11.5 Å². The number of fused-ring (bicyclic) bond motifs is 1. The molecule has 0 amide bonds. The van der Waals surface area contributed by atoms with Gasteiger partial charge in [0.05, 0.1) is 6.54 Å². The maximum atomic E-state index is 9.77. The van der Waals surface area contributed by atoms with Crippen LogP contribution < -0.4 is 5.32 Å². The molecule has 4 nitrogen and oxygen atoms in total. The Morgan fingerprint density at radius 3 is 2.82 bits per heavy atom. The molecule has 0 aromatic heterocycles. The van der Waals surface area contributed by atoms with Crippen LogP contribution in [0.4, 0.5) is 0 Å². The fraction of sp³-hybridized carbons (Fsp3) is 0.308. The lowest BCUT2D eigenvalue weighted by Gasteiger charge is -2.18. The molecule has 0 saturated carbocycles. The van der Waals surface area contributed by atoms with E-state index in [9.17, 15) is 10.2 Å². The monoisotopic (exact) mass is 230 g/mol. The van der Waals surface area contributed by atoms with E-state index in [1.807, 2.05) is 12.1 Å². The fourth-order valence-corrected chi connectivity index (χ4v) is 2.36. The molecular weight excluding hydrogens is 216 g/mol. The summed E-state index contributed by atoms with van der Waals surface area (Å²) in [6.07, 6.45) is 3.62. The highest BCUT2D eigenvalue weighted by atomic mass is 16.3. The Labute approximate surface area is 99.3 Å². The van der Waals surface area contributed by atoms with Gasteiger partial charge in [-0.3, -0.25) is 4.99 Å². The zero-order valence-corrected chi connectivity index (χ0v) is 9.40. The molecule has 1 heterocycles. The van der Waals surface area contributed by atoms with Crippen molar-refractivity contribution in [2.75, 3.05) is 13.1 Å². The Bertz CT molecular complexity index is 532. The number of aliphatic imine (C=N–C) groups is 1. The highest BCUT2D eigenvalue weighted by Crippen LogP contribution is 2.36. The molecule has 3 N–H and O–H groups in total. The average Bonchev–Trinajstić information content (AvgIpc) is 2.87. The summed E-state index contributed by atoms with van der Waals surface area (Å²) in [6, 6.07) is 3.36. The van der Waals surface area contributed by atoms with Crippen molar-refractivity contribution in [3.8, 4) is 11.5 Å². The Kier molecular flexibility index (Phi) is 2.28. The van der Waals surface area contributed by atoms with E-state index in [1.54, 1.807) is 0 Å². The largest absolute Gasteiger partial charge is 0.504 e. The quantitative estimate of drug-likeness (QED) is 0.639. The molecule has 2 aliphatic rings. The van der Waals surface area contributed by atoms with Gasteiger partial charge in [0, 0.05) is 12.1 Å². The molecule has 1 aliphatic carbocycles. The van der Waals surface area contributed by atoms with Crippen molar-refractivity contribution in [2.45, 2.75) is 12.8 Å². The lowest BCUT2D eigenvalue weighted by Crippen LogP contribution is -2.22. The number of rotatable bonds is 1. The van der Waals surface area contributed by atoms with E-state index < -0.39 is 0 Å². The van der Waals surface area contributed by atoms with Gasteiger partial charge >= 0.3 is 0 Å². The van der Waals surface area contributed by atoms with Crippen molar-refractivity contribution in [1.82, 2.24) is 5.32 Å². The predicted molar refractivity (Wildman–Crippen MR) is 66.4 cm³/mol. The normalized spacial score (nSPS) is 18.1. The third-order valence-electron chi connectivity index (χ3n) is 3.25. The standard InChI is InChI=1S/C13H14N2O2/c16-11-4-2-8-7-9(13-14-5-6-15-13)1-3-10(8)12(11)17/h2,4,7,16-17H,1,3,5-6H2,(H,14,15). The molecule has 1 aromatic rings. The van der Waals surface area contributed by atoms with E-state index in [0.29, 0.717) is 0 Å². The predicted octanol–water partition coefficient (Wildman–Crippen LogP) is 1.43. The number of benzene rings is 1. The van der Waals surface area contributed by atoms with Gasteiger partial charge in [0.25, 0.3) is 0 Å². The summed E-state index contributed by atoms with van der Waals surface area (Å²) in [5.41, 5.74) is 2.98. The highest BCUT2D eigenvalue weighted by Gasteiger charge is 2.19. The minimum Gasteiger partial charge on any atom is -0.504 e. The summed E-state index contributed by atoms with van der Waals surface area (Å²) >= 11 is 0. The number of phenolic OH excluding ortho intramolecular Hbond substituents is 2. The Morgan fingerprint density at radius 1 is 1.18 bits per heavy atom. The molecule has 4 heteroatoms. The van der Waals surface area contributed by atoms with Crippen LogP contribution in [0, 0.1) is 0 Å². The first-order valence-electron chi connectivity index (χ1n) is 5.79. The van der Waals surface area contributed by atoms with Crippen LogP contribution in [0.15, 0.2) is 22.7 Å². The third-order valence-corrected chi connectivity index (χ3v) is 3.25. The molecule has 17 heavy (non-hydrogen) atoms. The number of hydrogen-bond donors (Lipinski definition) is 3. The number of nitrogens with one attached hydrogen (secondary N) is 1. The van der Waals surface area contributed by atoms with Gasteiger partial charge in [0.15, 0.2) is 11.5 Å². The average molecular weight is 230 g/mol. The summed E-state index contributed by atoms with van der Waals surface area (Å²) < 4.78 is 0. The number of nitrogens with zero attached hydrogens (tertiary/aromatic N) is 1. The van der Waals surface area contributed by atoms with Crippen LogP contribution in [0.3, 0.4) is 0 Å². The lowest BCUT2D eigenvalue weighted by atomic mass is 9.90. The topological polar surface area (TPSA) is 64.8 Å². The molecule has 0 atom stereocenters. The Hall–Kier alpha value is -1.97. The molecule has 0 bridgehead atoms. The van der Waals surface area contributed by atoms with Crippen molar-refractivity contribution in [2.24, 2.45) is 4.99 Å². The smallest absolute Gasteiger partial charge is 0.161 e. The molecule has 88 valence electrons. The van der Waals surface area contributed by atoms with E-state index in [-0.39, 0.29) is 11.5 Å². The van der Waals surface area contributed by atoms with Gasteiger partial charge in [-0.2, -0.15) is 0 Å². The van der Waals surface area contributed by atoms with Crippen LogP contribution >= 0.6 is 0 Å². The van der Waals surface area contributed by atoms with E-state index in [4.69, 9.17) is 0 Å². The molecule has 0 radical (unpaired) electrons. The van der Waals surface area contributed by atoms with Gasteiger partial charge in [0.2, 0.25) is 0 Å². The molecule has 0 saturated heterocycles. The molecule has 0 spiro atoms. The van der Waals surface area contributed by atoms with E-state index in [0.717, 1.165) is 42.9 Å². The van der Waals surface area contributed by atoms with Crippen molar-refractivity contribution in [3.63, 3.8) is 0 Å². The van der Waals surface area contributed by atoms with Crippen molar-refractivity contribution in [1.29, 1.82) is 0 Å². The fourth-order valence-electron chi connectivity index (χ4n) is 2.36. The zero-order chi connectivity index (χ0) is 11.8.